The van der Waals surface area contributed by atoms with Crippen molar-refractivity contribution in [1.82, 2.24) is 10.2 Å². The fraction of sp³-hybridized carbons (Fsp3) is 0.308. The number of carbonyl (C=O) groups excluding carboxylic acids is 4. The fourth-order valence-electron chi connectivity index (χ4n) is 3.38. The summed E-state index contributed by atoms with van der Waals surface area (Å²) in [7, 11) is 0. The quantitative estimate of drug-likeness (QED) is 0.305. The maximum absolute atomic E-state index is 13.5. The number of phenols is 1. The average molecular weight is 529 g/mol. The first-order chi connectivity index (χ1) is 17.2. The van der Waals surface area contributed by atoms with Crippen LogP contribution in [0.4, 0.5) is 10.5 Å². The molecular weight excluding hydrogens is 500 g/mol. The van der Waals surface area contributed by atoms with E-state index in [9.17, 15) is 24.3 Å². The Bertz CT molecular complexity index is 1210. The van der Waals surface area contributed by atoms with Crippen molar-refractivity contribution in [2.45, 2.75) is 51.8 Å². The van der Waals surface area contributed by atoms with E-state index < -0.39 is 47.9 Å². The van der Waals surface area contributed by atoms with Crippen molar-refractivity contribution in [1.29, 1.82) is 0 Å². The molecule has 0 fully saturated rings. The van der Waals surface area contributed by atoms with Gasteiger partial charge in [0, 0.05) is 6.04 Å². The molecule has 0 aromatic heterocycles. The highest BCUT2D eigenvalue weighted by Gasteiger charge is 2.37. The number of primary amides is 1. The van der Waals surface area contributed by atoms with Crippen molar-refractivity contribution in [3.63, 3.8) is 0 Å². The molecule has 37 heavy (non-hydrogen) atoms. The van der Waals surface area contributed by atoms with Crippen LogP contribution in [0.1, 0.15) is 44.4 Å². The minimum absolute atomic E-state index is 0.156. The van der Waals surface area contributed by atoms with Crippen molar-refractivity contribution in [2.75, 3.05) is 5.32 Å². The van der Waals surface area contributed by atoms with Crippen LogP contribution in [0.2, 0.25) is 5.02 Å². The molecule has 0 aliphatic heterocycles. The molecule has 0 heterocycles. The van der Waals surface area contributed by atoms with Gasteiger partial charge in [-0.2, -0.15) is 0 Å². The summed E-state index contributed by atoms with van der Waals surface area (Å²) in [5.41, 5.74) is 5.50. The summed E-state index contributed by atoms with van der Waals surface area (Å²) in [6.45, 7) is 6.57. The summed E-state index contributed by atoms with van der Waals surface area (Å²) in [5.74, 6) is -2.83. The number of aromatic hydroxyl groups is 1. The number of nitrogens with zero attached hydrogens (tertiary/aromatic N) is 1. The van der Waals surface area contributed by atoms with Crippen LogP contribution in [0.15, 0.2) is 42.5 Å². The first-order valence-electron chi connectivity index (χ1n) is 11.2. The number of carbonyl (C=O) groups is 4. The van der Waals surface area contributed by atoms with Gasteiger partial charge in [0.25, 0.3) is 11.8 Å². The minimum atomic E-state index is -1.54. The molecule has 10 nitrogen and oxygen atoms in total. The number of hydrogen-bond donors (Lipinski definition) is 4. The van der Waals surface area contributed by atoms with Gasteiger partial charge in [0.2, 0.25) is 5.91 Å². The van der Waals surface area contributed by atoms with Gasteiger partial charge in [0.15, 0.2) is 0 Å². The molecule has 0 aliphatic rings. The molecule has 2 rings (SSSR count). The molecule has 2 unspecified atom stereocenters. The Morgan fingerprint density at radius 1 is 1.19 bits per heavy atom. The number of nitrogens with one attached hydrogen (secondary N) is 2. The van der Waals surface area contributed by atoms with Gasteiger partial charge in [-0.3, -0.25) is 19.3 Å². The van der Waals surface area contributed by atoms with E-state index in [2.05, 4.69) is 16.7 Å². The predicted molar refractivity (Wildman–Crippen MR) is 138 cm³/mol. The zero-order chi connectivity index (χ0) is 27.9. The Balaban J connectivity index is 2.51. The first-order valence-corrected chi connectivity index (χ1v) is 11.5. The van der Waals surface area contributed by atoms with Gasteiger partial charge in [-0.05, 0) is 57.0 Å². The molecule has 0 saturated carbocycles. The lowest BCUT2D eigenvalue weighted by Gasteiger charge is -2.30. The number of para-hydroxylation sites is 1. The van der Waals surface area contributed by atoms with Gasteiger partial charge >= 0.3 is 6.09 Å². The van der Waals surface area contributed by atoms with E-state index >= 15 is 0 Å². The van der Waals surface area contributed by atoms with Crippen molar-refractivity contribution < 1.29 is 29.0 Å². The molecule has 0 radical (unpaired) electrons. The first kappa shape index (κ1) is 29.0. The Hall–Kier alpha value is -4.23. The van der Waals surface area contributed by atoms with Crippen LogP contribution in [0, 0.1) is 19.4 Å². The monoisotopic (exact) mass is 528 g/mol. The lowest BCUT2D eigenvalue weighted by atomic mass is 10.0. The van der Waals surface area contributed by atoms with Crippen molar-refractivity contribution >= 4 is 41.1 Å². The standard InChI is InChI=1S/C26H29ClN4O6/c1-6-31(24(35)19(14-20(28)33)29-25(36)37-26(3,4)5)22(16-10-8-11-17(32)13-16)23(34)30-21-15(2)9-7-12-18(21)27/h1,7-13,19,22,32H,14H2,2-5H3,(H2,28,33)(H,29,36)(H,30,34). The minimum Gasteiger partial charge on any atom is -0.508 e. The topological polar surface area (TPSA) is 151 Å². The molecule has 0 saturated heterocycles. The predicted octanol–water partition coefficient (Wildman–Crippen LogP) is 3.22. The van der Waals surface area contributed by atoms with E-state index in [1.807, 2.05) is 0 Å². The molecule has 2 aromatic carbocycles. The van der Waals surface area contributed by atoms with Crippen LogP contribution >= 0.6 is 11.6 Å². The number of alkyl carbamates (subject to hydrolysis) is 1. The lowest BCUT2D eigenvalue weighted by Crippen LogP contribution is -2.52. The third-order valence-corrected chi connectivity index (χ3v) is 5.25. The maximum Gasteiger partial charge on any atom is 0.408 e. The molecule has 0 bridgehead atoms. The molecule has 2 atom stereocenters. The third-order valence-electron chi connectivity index (χ3n) is 4.93. The number of phenolic OH excluding ortho intramolecular Hbond substituents is 1. The van der Waals surface area contributed by atoms with Crippen LogP contribution in [0.3, 0.4) is 0 Å². The van der Waals surface area contributed by atoms with E-state index in [4.69, 9.17) is 28.5 Å². The summed E-state index contributed by atoms with van der Waals surface area (Å²) in [6.07, 6.45) is 4.06. The Kier molecular flexibility index (Phi) is 9.52. The molecule has 196 valence electrons. The van der Waals surface area contributed by atoms with Gasteiger partial charge in [0.1, 0.15) is 23.4 Å². The summed E-state index contributed by atoms with van der Waals surface area (Å²) >= 11 is 6.25. The summed E-state index contributed by atoms with van der Waals surface area (Å²) in [5, 5.41) is 15.2. The van der Waals surface area contributed by atoms with Gasteiger partial charge in [-0.1, -0.05) is 42.3 Å². The number of hydrogen-bond acceptors (Lipinski definition) is 6. The third kappa shape index (κ3) is 8.15. The van der Waals surface area contributed by atoms with Gasteiger partial charge in [-0.25, -0.2) is 4.79 Å². The number of amides is 4. The molecule has 5 N–H and O–H groups in total. The smallest absolute Gasteiger partial charge is 0.408 e. The van der Waals surface area contributed by atoms with E-state index in [1.165, 1.54) is 24.3 Å². The number of ether oxygens (including phenoxy) is 1. The van der Waals surface area contributed by atoms with Crippen LogP contribution < -0.4 is 16.4 Å². The fourth-order valence-corrected chi connectivity index (χ4v) is 3.65. The number of terminal acetylenes is 1. The Labute approximate surface area is 220 Å². The number of nitrogens with two attached hydrogens (primary N) is 1. The summed E-state index contributed by atoms with van der Waals surface area (Å²) in [4.78, 5) is 51.9. The Morgan fingerprint density at radius 2 is 1.84 bits per heavy atom. The Morgan fingerprint density at radius 3 is 2.38 bits per heavy atom. The molecule has 0 aliphatic carbocycles. The van der Waals surface area contributed by atoms with Crippen LogP contribution in [-0.4, -0.2) is 45.5 Å². The number of anilines is 1. The molecule has 0 spiro atoms. The van der Waals surface area contributed by atoms with E-state index in [1.54, 1.807) is 45.9 Å². The van der Waals surface area contributed by atoms with Gasteiger partial charge < -0.3 is 26.2 Å². The molecular formula is C26H29ClN4O6. The lowest BCUT2D eigenvalue weighted by molar-refractivity contribution is -0.138. The van der Waals surface area contributed by atoms with Crippen LogP contribution in [-0.2, 0) is 19.1 Å². The van der Waals surface area contributed by atoms with Crippen LogP contribution in [0.5, 0.6) is 5.75 Å². The van der Waals surface area contributed by atoms with Crippen LogP contribution in [0.25, 0.3) is 0 Å². The van der Waals surface area contributed by atoms with E-state index in [0.717, 1.165) is 0 Å². The highest BCUT2D eigenvalue weighted by atomic mass is 35.5. The highest BCUT2D eigenvalue weighted by molar-refractivity contribution is 6.34. The van der Waals surface area contributed by atoms with Gasteiger partial charge in [0.05, 0.1) is 17.1 Å². The molecule has 2 aromatic rings. The number of rotatable bonds is 8. The second kappa shape index (κ2) is 12.1. The largest absolute Gasteiger partial charge is 0.508 e. The van der Waals surface area contributed by atoms with Crippen molar-refractivity contribution in [3.8, 4) is 18.2 Å². The number of halogens is 1. The normalized spacial score (nSPS) is 12.4. The zero-order valence-electron chi connectivity index (χ0n) is 20.9. The van der Waals surface area contributed by atoms with E-state index in [0.29, 0.717) is 16.2 Å². The second-order valence-corrected chi connectivity index (χ2v) is 9.53. The highest BCUT2D eigenvalue weighted by Crippen LogP contribution is 2.30. The second-order valence-electron chi connectivity index (χ2n) is 9.13. The number of benzene rings is 2. The summed E-state index contributed by atoms with van der Waals surface area (Å²) < 4.78 is 5.18. The van der Waals surface area contributed by atoms with E-state index in [-0.39, 0.29) is 16.3 Å². The maximum atomic E-state index is 13.5. The average Bonchev–Trinajstić information content (AvgIpc) is 2.77. The number of aryl methyl sites for hydroxylation is 1. The zero-order valence-corrected chi connectivity index (χ0v) is 21.6. The molecule has 11 heteroatoms. The van der Waals surface area contributed by atoms with Gasteiger partial charge in [-0.15, -0.1) is 0 Å². The molecule has 4 amide bonds. The van der Waals surface area contributed by atoms with Crippen molar-refractivity contribution in [3.05, 3.63) is 58.6 Å². The summed E-state index contributed by atoms with van der Waals surface area (Å²) in [6, 6.07) is 9.69. The SMILES string of the molecule is C#CN(C(=O)C(CC(N)=O)NC(=O)OC(C)(C)C)C(C(=O)Nc1c(C)cccc1Cl)c1cccc(O)c1. The van der Waals surface area contributed by atoms with Crippen molar-refractivity contribution in [2.24, 2.45) is 5.73 Å².